The van der Waals surface area contributed by atoms with Crippen LogP contribution in [0.3, 0.4) is 0 Å². The maximum Gasteiger partial charge on any atom is 0.338 e. The molecule has 0 saturated carbocycles. The van der Waals surface area contributed by atoms with Crippen molar-refractivity contribution in [2.24, 2.45) is 0 Å². The lowest BCUT2D eigenvalue weighted by atomic mass is 10.1. The van der Waals surface area contributed by atoms with E-state index in [4.69, 9.17) is 0 Å². The number of anilines is 1. The SMILES string of the molecule is Cc1sc(NC(=O)N2CCCC2C)c(C(=O)O)c1C. The average Bonchev–Trinajstić information content (AvgIpc) is 2.84. The first-order valence-corrected chi connectivity index (χ1v) is 7.14. The van der Waals surface area contributed by atoms with Gasteiger partial charge in [0.1, 0.15) is 5.00 Å². The molecule has 1 saturated heterocycles. The van der Waals surface area contributed by atoms with Gasteiger partial charge in [0.05, 0.1) is 5.56 Å². The van der Waals surface area contributed by atoms with Crippen LogP contribution >= 0.6 is 11.3 Å². The molecule has 0 aliphatic carbocycles. The zero-order valence-corrected chi connectivity index (χ0v) is 12.1. The Kier molecular flexibility index (Phi) is 3.80. The first kappa shape index (κ1) is 13.9. The molecule has 1 fully saturated rings. The van der Waals surface area contributed by atoms with E-state index in [-0.39, 0.29) is 17.6 Å². The molecule has 1 unspecified atom stereocenters. The molecule has 0 aromatic carbocycles. The number of aryl methyl sites for hydroxylation is 1. The van der Waals surface area contributed by atoms with Crippen LogP contribution in [0.5, 0.6) is 0 Å². The van der Waals surface area contributed by atoms with Crippen LogP contribution in [-0.2, 0) is 0 Å². The highest BCUT2D eigenvalue weighted by Gasteiger charge is 2.27. The minimum Gasteiger partial charge on any atom is -0.478 e. The van der Waals surface area contributed by atoms with Crippen LogP contribution in [0.25, 0.3) is 0 Å². The van der Waals surface area contributed by atoms with Gasteiger partial charge in [-0.15, -0.1) is 11.3 Å². The standard InChI is InChI=1S/C13H18N2O3S/c1-7-5-4-6-15(7)13(18)14-11-10(12(16)17)8(2)9(3)19-11/h7H,4-6H2,1-3H3,(H,14,18)(H,16,17). The summed E-state index contributed by atoms with van der Waals surface area (Å²) < 4.78 is 0. The van der Waals surface area contributed by atoms with Gasteiger partial charge >= 0.3 is 12.0 Å². The number of carbonyl (C=O) groups is 2. The summed E-state index contributed by atoms with van der Waals surface area (Å²) in [5.41, 5.74) is 0.935. The van der Waals surface area contributed by atoms with Gasteiger partial charge in [0.25, 0.3) is 0 Å². The van der Waals surface area contributed by atoms with Gasteiger partial charge in [-0.25, -0.2) is 9.59 Å². The second kappa shape index (κ2) is 5.21. The van der Waals surface area contributed by atoms with Gasteiger partial charge in [0.15, 0.2) is 0 Å². The van der Waals surface area contributed by atoms with Gasteiger partial charge in [-0.2, -0.15) is 0 Å². The van der Waals surface area contributed by atoms with Crippen LogP contribution in [0.15, 0.2) is 0 Å². The van der Waals surface area contributed by atoms with Crippen LogP contribution in [0.2, 0.25) is 0 Å². The van der Waals surface area contributed by atoms with Crippen molar-refractivity contribution in [3.05, 3.63) is 16.0 Å². The topological polar surface area (TPSA) is 69.6 Å². The Bertz CT molecular complexity index is 524. The van der Waals surface area contributed by atoms with Crippen LogP contribution in [0.4, 0.5) is 9.80 Å². The highest BCUT2D eigenvalue weighted by molar-refractivity contribution is 7.16. The molecule has 19 heavy (non-hydrogen) atoms. The van der Waals surface area contributed by atoms with Gasteiger partial charge < -0.3 is 10.0 Å². The third-order valence-corrected chi connectivity index (χ3v) is 4.76. The Hall–Kier alpha value is -1.56. The van der Waals surface area contributed by atoms with E-state index in [0.717, 1.165) is 29.8 Å². The van der Waals surface area contributed by atoms with Gasteiger partial charge in [0, 0.05) is 17.5 Å². The fraction of sp³-hybridized carbons (Fsp3) is 0.538. The van der Waals surface area contributed by atoms with E-state index in [1.54, 1.807) is 11.8 Å². The molecular formula is C13H18N2O3S. The largest absolute Gasteiger partial charge is 0.478 e. The van der Waals surface area contributed by atoms with Crippen molar-refractivity contribution < 1.29 is 14.7 Å². The highest BCUT2D eigenvalue weighted by atomic mass is 32.1. The molecule has 1 aliphatic rings. The Morgan fingerprint density at radius 3 is 2.63 bits per heavy atom. The lowest BCUT2D eigenvalue weighted by Gasteiger charge is -2.21. The van der Waals surface area contributed by atoms with Crippen LogP contribution in [-0.4, -0.2) is 34.6 Å². The van der Waals surface area contributed by atoms with Gasteiger partial charge in [0.2, 0.25) is 0 Å². The normalized spacial score (nSPS) is 18.7. The molecule has 104 valence electrons. The third kappa shape index (κ3) is 2.58. The monoisotopic (exact) mass is 282 g/mol. The molecule has 1 atom stereocenters. The Balaban J connectivity index is 2.21. The molecule has 2 amide bonds. The molecule has 0 radical (unpaired) electrons. The number of nitrogens with zero attached hydrogens (tertiary/aromatic N) is 1. The highest BCUT2D eigenvalue weighted by Crippen LogP contribution is 2.33. The number of hydrogen-bond acceptors (Lipinski definition) is 3. The number of rotatable bonds is 2. The molecule has 0 bridgehead atoms. The number of carbonyl (C=O) groups excluding carboxylic acids is 1. The van der Waals surface area contributed by atoms with Gasteiger partial charge in [-0.3, -0.25) is 5.32 Å². The summed E-state index contributed by atoms with van der Waals surface area (Å²) in [6, 6.07) is 0.0178. The Morgan fingerprint density at radius 2 is 2.11 bits per heavy atom. The van der Waals surface area contributed by atoms with E-state index in [1.165, 1.54) is 11.3 Å². The smallest absolute Gasteiger partial charge is 0.338 e. The van der Waals surface area contributed by atoms with Crippen LogP contribution in [0.1, 0.15) is 40.6 Å². The number of aromatic carboxylic acids is 1. The molecule has 1 aliphatic heterocycles. The van der Waals surface area contributed by atoms with E-state index >= 15 is 0 Å². The summed E-state index contributed by atoms with van der Waals surface area (Å²) in [7, 11) is 0. The fourth-order valence-electron chi connectivity index (χ4n) is 2.38. The summed E-state index contributed by atoms with van der Waals surface area (Å²) in [5, 5.41) is 12.4. The third-order valence-electron chi connectivity index (χ3n) is 3.63. The summed E-state index contributed by atoms with van der Waals surface area (Å²) >= 11 is 1.32. The molecular weight excluding hydrogens is 264 g/mol. The van der Waals surface area contributed by atoms with Crippen molar-refractivity contribution in [3.63, 3.8) is 0 Å². The summed E-state index contributed by atoms with van der Waals surface area (Å²) in [5.74, 6) is -0.994. The first-order valence-electron chi connectivity index (χ1n) is 6.32. The zero-order valence-electron chi connectivity index (χ0n) is 11.3. The summed E-state index contributed by atoms with van der Waals surface area (Å²) in [6.07, 6.45) is 2.00. The number of thiophene rings is 1. The number of likely N-dealkylation sites (tertiary alicyclic amines) is 1. The van der Waals surface area contributed by atoms with Gasteiger partial charge in [-0.1, -0.05) is 0 Å². The van der Waals surface area contributed by atoms with Crippen LogP contribution in [0, 0.1) is 13.8 Å². The maximum atomic E-state index is 12.1. The quantitative estimate of drug-likeness (QED) is 0.875. The number of hydrogen-bond donors (Lipinski definition) is 2. The minimum atomic E-state index is -0.994. The number of carboxylic acid groups (broad SMARTS) is 1. The molecule has 0 spiro atoms. The molecule has 2 rings (SSSR count). The second-order valence-electron chi connectivity index (χ2n) is 4.91. The van der Waals surface area contributed by atoms with Crippen molar-refractivity contribution in [3.8, 4) is 0 Å². The number of nitrogens with one attached hydrogen (secondary N) is 1. The molecule has 1 aromatic rings. The first-order chi connectivity index (χ1) is 8.91. The van der Waals surface area contributed by atoms with Gasteiger partial charge in [-0.05, 0) is 39.2 Å². The van der Waals surface area contributed by atoms with E-state index in [0.29, 0.717) is 5.00 Å². The van der Waals surface area contributed by atoms with E-state index in [2.05, 4.69) is 5.32 Å². The van der Waals surface area contributed by atoms with Crippen molar-refractivity contribution in [2.75, 3.05) is 11.9 Å². The number of amides is 2. The average molecular weight is 282 g/mol. The lowest BCUT2D eigenvalue weighted by Crippen LogP contribution is -2.37. The number of urea groups is 1. The van der Waals surface area contributed by atoms with Crippen molar-refractivity contribution >= 4 is 28.3 Å². The van der Waals surface area contributed by atoms with Crippen molar-refractivity contribution in [2.45, 2.75) is 39.7 Å². The molecule has 5 nitrogen and oxygen atoms in total. The second-order valence-corrected chi connectivity index (χ2v) is 6.13. The summed E-state index contributed by atoms with van der Waals surface area (Å²) in [6.45, 7) is 6.37. The van der Waals surface area contributed by atoms with Crippen molar-refractivity contribution in [1.82, 2.24) is 4.90 Å². The van der Waals surface area contributed by atoms with Crippen LogP contribution < -0.4 is 5.32 Å². The number of carboxylic acids is 1. The molecule has 2 N–H and O–H groups in total. The van der Waals surface area contributed by atoms with E-state index in [1.807, 2.05) is 13.8 Å². The summed E-state index contributed by atoms with van der Waals surface area (Å²) in [4.78, 5) is 26.1. The Labute approximate surface area is 116 Å². The Morgan fingerprint density at radius 1 is 1.42 bits per heavy atom. The fourth-order valence-corrected chi connectivity index (χ4v) is 3.42. The van der Waals surface area contributed by atoms with E-state index in [9.17, 15) is 14.7 Å². The molecule has 2 heterocycles. The zero-order chi connectivity index (χ0) is 14.2. The molecule has 6 heteroatoms. The molecule has 1 aromatic heterocycles. The predicted octanol–water partition coefficient (Wildman–Crippen LogP) is 3.08. The van der Waals surface area contributed by atoms with Crippen molar-refractivity contribution in [1.29, 1.82) is 0 Å². The minimum absolute atomic E-state index is 0.200. The van der Waals surface area contributed by atoms with E-state index < -0.39 is 5.97 Å². The maximum absolute atomic E-state index is 12.1. The lowest BCUT2D eigenvalue weighted by molar-refractivity contribution is 0.0697. The predicted molar refractivity (Wildman–Crippen MR) is 75.2 cm³/mol.